The Morgan fingerprint density at radius 3 is 2.69 bits per heavy atom. The van der Waals surface area contributed by atoms with Crippen LogP contribution in [0.3, 0.4) is 0 Å². The van der Waals surface area contributed by atoms with Gasteiger partial charge in [-0.05, 0) is 6.07 Å². The Labute approximate surface area is 97.3 Å². The highest BCUT2D eigenvalue weighted by Gasteiger charge is 2.27. The van der Waals surface area contributed by atoms with Crippen LogP contribution in [0.15, 0.2) is 42.5 Å². The quantitative estimate of drug-likeness (QED) is 0.568. The van der Waals surface area contributed by atoms with Crippen LogP contribution in [0.25, 0.3) is 20.2 Å². The lowest BCUT2D eigenvalue weighted by Crippen LogP contribution is -1.79. The molecule has 0 spiro atoms. The molecule has 4 rings (SSSR count). The summed E-state index contributed by atoms with van der Waals surface area (Å²) in [7, 11) is 0. The number of hydrogen-bond acceptors (Lipinski definition) is 2. The molecule has 2 heteroatoms. The first kappa shape index (κ1) is 8.74. The lowest BCUT2D eigenvalue weighted by Gasteiger charge is -1.97. The fourth-order valence-electron chi connectivity index (χ4n) is 2.25. The van der Waals surface area contributed by atoms with E-state index < -0.39 is 0 Å². The molecule has 1 atom stereocenters. The molecule has 1 aliphatic rings. The molecule has 0 radical (unpaired) electrons. The number of ether oxygens (including phenoxy) is 1. The van der Waals surface area contributed by atoms with Crippen molar-refractivity contribution in [2.24, 2.45) is 0 Å². The Kier molecular flexibility index (Phi) is 1.67. The van der Waals surface area contributed by atoms with Crippen LogP contribution in [-0.2, 0) is 4.74 Å². The van der Waals surface area contributed by atoms with Crippen molar-refractivity contribution in [3.05, 3.63) is 48.0 Å². The number of benzene rings is 2. The molecule has 1 saturated heterocycles. The second-order valence-corrected chi connectivity index (χ2v) is 5.20. The Bertz CT molecular complexity index is 679. The molecule has 1 nitrogen and oxygen atoms in total. The van der Waals surface area contributed by atoms with E-state index in [2.05, 4.69) is 42.5 Å². The first-order chi connectivity index (χ1) is 7.93. The fraction of sp³-hybridized carbons (Fsp3) is 0.143. The van der Waals surface area contributed by atoms with Crippen LogP contribution in [0, 0.1) is 0 Å². The average Bonchev–Trinajstić information content (AvgIpc) is 3.09. The fourth-order valence-corrected chi connectivity index (χ4v) is 3.51. The number of epoxide rings is 1. The highest BCUT2D eigenvalue weighted by Crippen LogP contribution is 2.41. The maximum Gasteiger partial charge on any atom is 0.107 e. The normalized spacial score (nSPS) is 19.4. The van der Waals surface area contributed by atoms with Gasteiger partial charge in [0.2, 0.25) is 0 Å². The summed E-state index contributed by atoms with van der Waals surface area (Å²) in [6.45, 7) is 0.882. The van der Waals surface area contributed by atoms with Gasteiger partial charge in [-0.2, -0.15) is 0 Å². The van der Waals surface area contributed by atoms with Gasteiger partial charge in [0.25, 0.3) is 0 Å². The molecule has 2 aromatic carbocycles. The zero-order valence-corrected chi connectivity index (χ0v) is 9.46. The van der Waals surface area contributed by atoms with Gasteiger partial charge in [0, 0.05) is 25.7 Å². The van der Waals surface area contributed by atoms with Gasteiger partial charge in [-0.1, -0.05) is 36.4 Å². The highest BCUT2D eigenvalue weighted by molar-refractivity contribution is 7.26. The number of fused-ring (bicyclic) bond motifs is 3. The molecule has 0 bridgehead atoms. The molecule has 1 aliphatic heterocycles. The second kappa shape index (κ2) is 3.06. The predicted molar refractivity (Wildman–Crippen MR) is 68.0 cm³/mol. The van der Waals surface area contributed by atoms with Crippen molar-refractivity contribution in [2.75, 3.05) is 6.61 Å². The van der Waals surface area contributed by atoms with Crippen LogP contribution >= 0.6 is 11.3 Å². The molecular weight excluding hydrogens is 216 g/mol. The van der Waals surface area contributed by atoms with E-state index in [1.54, 1.807) is 0 Å². The van der Waals surface area contributed by atoms with Crippen molar-refractivity contribution in [1.82, 2.24) is 0 Å². The third-order valence-electron chi connectivity index (χ3n) is 3.11. The van der Waals surface area contributed by atoms with Crippen LogP contribution in [0.2, 0.25) is 0 Å². The standard InChI is InChI=1S/C14H10OS/c1-2-7-13-9(4-1)10-5-3-6-11(12-8-15-12)14(10)16-13/h1-7,12H,8H2. The maximum absolute atomic E-state index is 5.41. The summed E-state index contributed by atoms with van der Waals surface area (Å²) >= 11 is 1.88. The smallest absolute Gasteiger partial charge is 0.107 e. The van der Waals surface area contributed by atoms with Gasteiger partial charge in [-0.15, -0.1) is 11.3 Å². The van der Waals surface area contributed by atoms with Gasteiger partial charge in [-0.3, -0.25) is 0 Å². The maximum atomic E-state index is 5.41. The molecule has 1 aromatic heterocycles. The minimum absolute atomic E-state index is 0.344. The van der Waals surface area contributed by atoms with Gasteiger partial charge < -0.3 is 4.74 Å². The molecule has 0 saturated carbocycles. The van der Waals surface area contributed by atoms with Gasteiger partial charge >= 0.3 is 0 Å². The van der Waals surface area contributed by atoms with E-state index in [1.165, 1.54) is 25.7 Å². The molecule has 1 unspecified atom stereocenters. The molecular formula is C14H10OS. The Morgan fingerprint density at radius 2 is 1.81 bits per heavy atom. The van der Waals surface area contributed by atoms with Crippen LogP contribution < -0.4 is 0 Å². The minimum atomic E-state index is 0.344. The molecule has 3 aromatic rings. The lowest BCUT2D eigenvalue weighted by atomic mass is 10.1. The summed E-state index contributed by atoms with van der Waals surface area (Å²) in [4.78, 5) is 0. The number of rotatable bonds is 1. The highest BCUT2D eigenvalue weighted by atomic mass is 32.1. The van der Waals surface area contributed by atoms with Gasteiger partial charge in [-0.25, -0.2) is 0 Å². The Hall–Kier alpha value is -1.38. The second-order valence-electron chi connectivity index (χ2n) is 4.14. The number of hydrogen-bond donors (Lipinski definition) is 0. The molecule has 0 aliphatic carbocycles. The van der Waals surface area contributed by atoms with Crippen LogP contribution in [-0.4, -0.2) is 6.61 Å². The number of thiophene rings is 1. The van der Waals surface area contributed by atoms with Crippen molar-refractivity contribution in [2.45, 2.75) is 6.10 Å². The van der Waals surface area contributed by atoms with Gasteiger partial charge in [0.1, 0.15) is 6.10 Å². The summed E-state index contributed by atoms with van der Waals surface area (Å²) in [5, 5.41) is 2.73. The van der Waals surface area contributed by atoms with Crippen molar-refractivity contribution in [1.29, 1.82) is 0 Å². The molecule has 0 amide bonds. The van der Waals surface area contributed by atoms with E-state index in [-0.39, 0.29) is 0 Å². The molecule has 16 heavy (non-hydrogen) atoms. The zero-order chi connectivity index (χ0) is 10.5. The van der Waals surface area contributed by atoms with E-state index >= 15 is 0 Å². The summed E-state index contributed by atoms with van der Waals surface area (Å²) < 4.78 is 8.17. The van der Waals surface area contributed by atoms with Crippen LogP contribution in [0.5, 0.6) is 0 Å². The molecule has 1 fully saturated rings. The summed E-state index contributed by atoms with van der Waals surface area (Å²) in [5.41, 5.74) is 1.36. The molecule has 2 heterocycles. The monoisotopic (exact) mass is 226 g/mol. The van der Waals surface area contributed by atoms with E-state index in [9.17, 15) is 0 Å². The van der Waals surface area contributed by atoms with Crippen LogP contribution in [0.1, 0.15) is 11.7 Å². The largest absolute Gasteiger partial charge is 0.368 e. The third kappa shape index (κ3) is 1.14. The SMILES string of the molecule is c1ccc2c(c1)sc1c(C3CO3)cccc12. The predicted octanol–water partition coefficient (Wildman–Crippen LogP) is 4.13. The lowest BCUT2D eigenvalue weighted by molar-refractivity contribution is 0.417. The third-order valence-corrected chi connectivity index (χ3v) is 4.35. The minimum Gasteiger partial charge on any atom is -0.368 e. The van der Waals surface area contributed by atoms with Crippen molar-refractivity contribution in [3.8, 4) is 0 Å². The van der Waals surface area contributed by atoms with Crippen LogP contribution in [0.4, 0.5) is 0 Å². The first-order valence-electron chi connectivity index (χ1n) is 5.45. The van der Waals surface area contributed by atoms with Gasteiger partial charge in [0.15, 0.2) is 0 Å². The van der Waals surface area contributed by atoms with E-state index in [1.807, 2.05) is 11.3 Å². The summed E-state index contributed by atoms with van der Waals surface area (Å²) in [6, 6.07) is 15.1. The van der Waals surface area contributed by atoms with Gasteiger partial charge in [0.05, 0.1) is 6.61 Å². The Balaban J connectivity index is 2.18. The Morgan fingerprint density at radius 1 is 1.00 bits per heavy atom. The van der Waals surface area contributed by atoms with Crippen molar-refractivity contribution < 1.29 is 4.74 Å². The average molecular weight is 226 g/mol. The topological polar surface area (TPSA) is 12.5 Å². The molecule has 78 valence electrons. The summed E-state index contributed by atoms with van der Waals surface area (Å²) in [5.74, 6) is 0. The van der Waals surface area contributed by atoms with E-state index in [0.717, 1.165) is 6.61 Å². The first-order valence-corrected chi connectivity index (χ1v) is 6.27. The summed E-state index contributed by atoms with van der Waals surface area (Å²) in [6.07, 6.45) is 0.344. The van der Waals surface area contributed by atoms with E-state index in [4.69, 9.17) is 4.74 Å². The zero-order valence-electron chi connectivity index (χ0n) is 8.64. The van der Waals surface area contributed by atoms with E-state index in [0.29, 0.717) is 6.10 Å². The molecule has 0 N–H and O–H groups in total. The van der Waals surface area contributed by atoms with Crippen molar-refractivity contribution >= 4 is 31.5 Å². The van der Waals surface area contributed by atoms with Crippen molar-refractivity contribution in [3.63, 3.8) is 0 Å².